The third-order valence-corrected chi connectivity index (χ3v) is 5.01. The van der Waals surface area contributed by atoms with Crippen molar-refractivity contribution in [3.05, 3.63) is 59.7 Å². The molecule has 0 bridgehead atoms. The Morgan fingerprint density at radius 3 is 2.41 bits per heavy atom. The molecule has 0 fully saturated rings. The molecule has 0 radical (unpaired) electrons. The Hall–Kier alpha value is -2.95. The summed E-state index contributed by atoms with van der Waals surface area (Å²) in [5.41, 5.74) is 0.222. The average Bonchev–Trinajstić information content (AvgIpc) is 2.92. The van der Waals surface area contributed by atoms with Gasteiger partial charge in [0.05, 0.1) is 16.2 Å². The van der Waals surface area contributed by atoms with Crippen LogP contribution in [0.1, 0.15) is 17.0 Å². The summed E-state index contributed by atoms with van der Waals surface area (Å²) in [4.78, 5) is 6.91. The van der Waals surface area contributed by atoms with E-state index in [9.17, 15) is 21.6 Å². The number of benzene rings is 1. The van der Waals surface area contributed by atoms with E-state index < -0.39 is 26.7 Å². The predicted molar refractivity (Wildman–Crippen MR) is 90.9 cm³/mol. The van der Waals surface area contributed by atoms with Gasteiger partial charge in [0.1, 0.15) is 12.1 Å². The molecular formula is C16H14F3N5O2S. The van der Waals surface area contributed by atoms with Crippen molar-refractivity contribution < 1.29 is 21.6 Å². The summed E-state index contributed by atoms with van der Waals surface area (Å²) in [5, 5.41) is 4.22. The van der Waals surface area contributed by atoms with Crippen molar-refractivity contribution in [1.82, 2.24) is 19.7 Å². The van der Waals surface area contributed by atoms with Crippen LogP contribution < -0.4 is 4.72 Å². The summed E-state index contributed by atoms with van der Waals surface area (Å²) in [6, 6.07) is 7.00. The maximum absolute atomic E-state index is 13.1. The van der Waals surface area contributed by atoms with Crippen molar-refractivity contribution in [3.63, 3.8) is 0 Å². The van der Waals surface area contributed by atoms with Crippen LogP contribution in [0.4, 0.5) is 19.0 Å². The van der Waals surface area contributed by atoms with Crippen LogP contribution in [0.5, 0.6) is 0 Å². The fourth-order valence-electron chi connectivity index (χ4n) is 2.51. The van der Waals surface area contributed by atoms with Crippen LogP contribution in [0.25, 0.3) is 5.82 Å². The average molecular weight is 397 g/mol. The monoisotopic (exact) mass is 397 g/mol. The number of rotatable bonds is 4. The molecule has 0 saturated carbocycles. The van der Waals surface area contributed by atoms with Gasteiger partial charge in [-0.15, -0.1) is 0 Å². The molecule has 3 rings (SSSR count). The maximum Gasteiger partial charge on any atom is 0.417 e. The van der Waals surface area contributed by atoms with Gasteiger partial charge in [-0.05, 0) is 32.0 Å². The smallest absolute Gasteiger partial charge is 0.263 e. The third-order valence-electron chi connectivity index (χ3n) is 3.60. The van der Waals surface area contributed by atoms with Crippen molar-refractivity contribution in [2.75, 3.05) is 4.72 Å². The van der Waals surface area contributed by atoms with E-state index >= 15 is 0 Å². The summed E-state index contributed by atoms with van der Waals surface area (Å²) >= 11 is 0. The van der Waals surface area contributed by atoms with Gasteiger partial charge in [-0.3, -0.25) is 4.72 Å². The highest BCUT2D eigenvalue weighted by atomic mass is 32.2. The van der Waals surface area contributed by atoms with Gasteiger partial charge >= 0.3 is 6.18 Å². The maximum atomic E-state index is 13.1. The van der Waals surface area contributed by atoms with Crippen LogP contribution in [-0.2, 0) is 16.2 Å². The van der Waals surface area contributed by atoms with E-state index in [0.717, 1.165) is 29.8 Å². The molecule has 2 aromatic heterocycles. The molecule has 0 atom stereocenters. The van der Waals surface area contributed by atoms with Gasteiger partial charge in [0.2, 0.25) is 0 Å². The van der Waals surface area contributed by atoms with Crippen LogP contribution in [0, 0.1) is 13.8 Å². The zero-order chi connectivity index (χ0) is 19.8. The number of aromatic nitrogens is 4. The fraction of sp³-hybridized carbons (Fsp3) is 0.188. The lowest BCUT2D eigenvalue weighted by molar-refractivity contribution is -0.139. The number of nitrogens with one attached hydrogen (secondary N) is 1. The van der Waals surface area contributed by atoms with Crippen molar-refractivity contribution in [2.24, 2.45) is 0 Å². The van der Waals surface area contributed by atoms with E-state index in [1.807, 2.05) is 0 Å². The number of nitrogens with zero attached hydrogens (tertiary/aromatic N) is 4. The SMILES string of the molecule is Cc1cc(C)n(-c2cc(NS(=O)(=O)c3ccccc3C(F)(F)F)ncn2)n1. The van der Waals surface area contributed by atoms with Crippen molar-refractivity contribution in [3.8, 4) is 5.82 Å². The highest BCUT2D eigenvalue weighted by molar-refractivity contribution is 7.92. The van der Waals surface area contributed by atoms with Crippen molar-refractivity contribution in [2.45, 2.75) is 24.9 Å². The van der Waals surface area contributed by atoms with E-state index in [0.29, 0.717) is 6.07 Å². The number of anilines is 1. The van der Waals surface area contributed by atoms with E-state index in [2.05, 4.69) is 19.8 Å². The van der Waals surface area contributed by atoms with E-state index in [1.165, 1.54) is 16.8 Å². The Morgan fingerprint density at radius 1 is 1.07 bits per heavy atom. The van der Waals surface area contributed by atoms with E-state index in [1.54, 1.807) is 19.9 Å². The number of sulfonamides is 1. The van der Waals surface area contributed by atoms with Gasteiger partial charge in [0.25, 0.3) is 10.0 Å². The van der Waals surface area contributed by atoms with Crippen molar-refractivity contribution in [1.29, 1.82) is 0 Å². The summed E-state index contributed by atoms with van der Waals surface area (Å²) < 4.78 is 67.9. The lowest BCUT2D eigenvalue weighted by atomic mass is 10.2. The predicted octanol–water partition coefficient (Wildman–Crippen LogP) is 3.10. The summed E-state index contributed by atoms with van der Waals surface area (Å²) in [7, 11) is -4.52. The van der Waals surface area contributed by atoms with Crippen LogP contribution >= 0.6 is 0 Å². The summed E-state index contributed by atoms with van der Waals surface area (Å²) in [5.74, 6) is 0.0990. The van der Waals surface area contributed by atoms with Crippen LogP contribution in [-0.4, -0.2) is 28.2 Å². The van der Waals surface area contributed by atoms with Crippen LogP contribution in [0.15, 0.2) is 47.6 Å². The van der Waals surface area contributed by atoms with Gasteiger partial charge in [-0.1, -0.05) is 12.1 Å². The van der Waals surface area contributed by atoms with E-state index in [4.69, 9.17) is 0 Å². The minimum Gasteiger partial charge on any atom is -0.263 e. The molecule has 2 heterocycles. The first-order valence-corrected chi connectivity index (χ1v) is 9.11. The molecular weight excluding hydrogens is 383 g/mol. The quantitative estimate of drug-likeness (QED) is 0.731. The summed E-state index contributed by atoms with van der Waals surface area (Å²) in [6.45, 7) is 3.56. The fourth-order valence-corrected chi connectivity index (χ4v) is 3.74. The molecule has 1 aromatic carbocycles. The van der Waals surface area contributed by atoms with Gasteiger partial charge < -0.3 is 0 Å². The lowest BCUT2D eigenvalue weighted by Crippen LogP contribution is -2.19. The highest BCUT2D eigenvalue weighted by Gasteiger charge is 2.37. The second-order valence-electron chi connectivity index (χ2n) is 5.70. The lowest BCUT2D eigenvalue weighted by Gasteiger charge is -2.14. The first-order valence-electron chi connectivity index (χ1n) is 7.63. The molecule has 0 unspecified atom stereocenters. The zero-order valence-electron chi connectivity index (χ0n) is 14.2. The second kappa shape index (κ2) is 6.65. The molecule has 27 heavy (non-hydrogen) atoms. The van der Waals surface area contributed by atoms with Gasteiger partial charge in [0, 0.05) is 11.8 Å². The molecule has 7 nitrogen and oxygen atoms in total. The van der Waals surface area contributed by atoms with Crippen molar-refractivity contribution >= 4 is 15.8 Å². The Kier molecular flexibility index (Phi) is 4.64. The van der Waals surface area contributed by atoms with Crippen LogP contribution in [0.3, 0.4) is 0 Å². The van der Waals surface area contributed by atoms with E-state index in [-0.39, 0.29) is 11.6 Å². The highest BCUT2D eigenvalue weighted by Crippen LogP contribution is 2.34. The zero-order valence-corrected chi connectivity index (χ0v) is 15.0. The van der Waals surface area contributed by atoms with Crippen LogP contribution in [0.2, 0.25) is 0 Å². The third kappa shape index (κ3) is 3.92. The normalized spacial score (nSPS) is 12.2. The Labute approximate surface area is 152 Å². The molecule has 0 amide bonds. The molecule has 0 aliphatic rings. The largest absolute Gasteiger partial charge is 0.417 e. The molecule has 1 N–H and O–H groups in total. The molecule has 0 aliphatic carbocycles. The summed E-state index contributed by atoms with van der Waals surface area (Å²) in [6.07, 6.45) is -3.72. The number of aryl methyl sites for hydroxylation is 2. The molecule has 0 aliphatic heterocycles. The Bertz CT molecular complexity index is 1090. The van der Waals surface area contributed by atoms with Gasteiger partial charge in [-0.25, -0.2) is 23.1 Å². The second-order valence-corrected chi connectivity index (χ2v) is 7.35. The minimum atomic E-state index is -4.81. The number of halogens is 3. The first kappa shape index (κ1) is 18.8. The molecule has 3 aromatic rings. The Balaban J connectivity index is 1.99. The number of hydrogen-bond acceptors (Lipinski definition) is 5. The first-order chi connectivity index (χ1) is 12.6. The molecule has 0 saturated heterocycles. The minimum absolute atomic E-state index is 0.176. The van der Waals surface area contributed by atoms with Gasteiger partial charge in [-0.2, -0.15) is 18.3 Å². The molecule has 0 spiro atoms. The number of hydrogen-bond donors (Lipinski definition) is 1. The van der Waals surface area contributed by atoms with Gasteiger partial charge in [0.15, 0.2) is 5.82 Å². The number of alkyl halides is 3. The standard InChI is InChI=1S/C16H14F3N5O2S/c1-10-7-11(2)24(22-10)15-8-14(20-9-21-15)23-27(25,26)13-6-4-3-5-12(13)16(17,18)19/h3-9H,1-2H3,(H,20,21,23). The Morgan fingerprint density at radius 2 is 1.78 bits per heavy atom. The topological polar surface area (TPSA) is 89.8 Å². The molecule has 11 heteroatoms. The molecule has 142 valence electrons.